The second-order valence-electron chi connectivity index (χ2n) is 5.15. The third-order valence-corrected chi connectivity index (χ3v) is 4.78. The Bertz CT molecular complexity index is 598. The van der Waals surface area contributed by atoms with Crippen LogP contribution >= 0.6 is 11.6 Å². The molecule has 0 aliphatic carbocycles. The van der Waals surface area contributed by atoms with Gasteiger partial charge in [-0.05, 0) is 30.5 Å². The summed E-state index contributed by atoms with van der Waals surface area (Å²) in [6.45, 7) is 1.14. The van der Waals surface area contributed by atoms with Crippen molar-refractivity contribution in [3.63, 3.8) is 0 Å². The van der Waals surface area contributed by atoms with Crippen LogP contribution < -0.4 is 10.0 Å². The second-order valence-corrected chi connectivity index (χ2v) is 7.39. The molecule has 1 aromatic carbocycles. The highest BCUT2D eigenvalue weighted by Gasteiger charge is 2.20. The van der Waals surface area contributed by atoms with Gasteiger partial charge in [0.05, 0.1) is 6.10 Å². The van der Waals surface area contributed by atoms with Crippen LogP contribution in [-0.2, 0) is 26.1 Å². The van der Waals surface area contributed by atoms with Crippen molar-refractivity contribution in [2.24, 2.45) is 0 Å². The Balaban J connectivity index is 1.73. The lowest BCUT2D eigenvalue weighted by Crippen LogP contribution is -2.39. The van der Waals surface area contributed by atoms with Crippen molar-refractivity contribution in [2.75, 3.05) is 18.9 Å². The molecule has 1 aromatic rings. The molecule has 0 aromatic heterocycles. The molecule has 0 unspecified atom stereocenters. The molecule has 1 amide bonds. The molecule has 22 heavy (non-hydrogen) atoms. The van der Waals surface area contributed by atoms with Crippen molar-refractivity contribution in [3.05, 3.63) is 34.9 Å². The third kappa shape index (κ3) is 5.92. The third-order valence-electron chi connectivity index (χ3n) is 3.28. The number of amides is 1. The van der Waals surface area contributed by atoms with E-state index >= 15 is 0 Å². The summed E-state index contributed by atoms with van der Waals surface area (Å²) in [5.41, 5.74) is 0.850. The topological polar surface area (TPSA) is 84.5 Å². The van der Waals surface area contributed by atoms with Crippen molar-refractivity contribution in [1.29, 1.82) is 0 Å². The lowest BCUT2D eigenvalue weighted by molar-refractivity contribution is -0.118. The highest BCUT2D eigenvalue weighted by molar-refractivity contribution is 7.90. The predicted molar refractivity (Wildman–Crippen MR) is 84.1 cm³/mol. The SMILES string of the molecule is O=C(CS(=O)(=O)NC[C@@H]1CCCO1)NCc1ccc(Cl)cc1. The van der Waals surface area contributed by atoms with Crippen molar-refractivity contribution in [3.8, 4) is 0 Å². The molecule has 2 rings (SSSR count). The van der Waals surface area contributed by atoms with E-state index < -0.39 is 21.7 Å². The molecular formula is C14H19ClN2O4S. The van der Waals surface area contributed by atoms with Crippen LogP contribution in [-0.4, -0.2) is 39.3 Å². The quantitative estimate of drug-likeness (QED) is 0.773. The van der Waals surface area contributed by atoms with Gasteiger partial charge < -0.3 is 10.1 Å². The Labute approximate surface area is 135 Å². The molecule has 8 heteroatoms. The molecule has 0 bridgehead atoms. The number of carbonyl (C=O) groups excluding carboxylic acids is 1. The minimum Gasteiger partial charge on any atom is -0.377 e. The minimum atomic E-state index is -3.64. The number of carbonyl (C=O) groups is 1. The van der Waals surface area contributed by atoms with E-state index in [1.165, 1.54) is 0 Å². The normalized spacial score (nSPS) is 18.3. The Morgan fingerprint density at radius 1 is 1.32 bits per heavy atom. The molecule has 1 fully saturated rings. The zero-order chi connectivity index (χ0) is 16.0. The van der Waals surface area contributed by atoms with Crippen LogP contribution in [0.25, 0.3) is 0 Å². The number of hydrogen-bond acceptors (Lipinski definition) is 4. The number of rotatable bonds is 7. The van der Waals surface area contributed by atoms with Crippen molar-refractivity contribution < 1.29 is 17.9 Å². The molecule has 1 saturated heterocycles. The second kappa shape index (κ2) is 7.92. The molecule has 0 spiro atoms. The van der Waals surface area contributed by atoms with Crippen molar-refractivity contribution in [1.82, 2.24) is 10.0 Å². The fourth-order valence-corrected chi connectivity index (χ4v) is 3.22. The van der Waals surface area contributed by atoms with Gasteiger partial charge >= 0.3 is 0 Å². The van der Waals surface area contributed by atoms with Crippen LogP contribution in [0.2, 0.25) is 5.02 Å². The van der Waals surface area contributed by atoms with E-state index in [2.05, 4.69) is 10.0 Å². The Hall–Kier alpha value is -1.15. The van der Waals surface area contributed by atoms with Crippen LogP contribution in [0.4, 0.5) is 0 Å². The number of benzene rings is 1. The smallest absolute Gasteiger partial charge is 0.236 e. The average molecular weight is 347 g/mol. The lowest BCUT2D eigenvalue weighted by atomic mass is 10.2. The van der Waals surface area contributed by atoms with Crippen LogP contribution in [0.1, 0.15) is 18.4 Å². The van der Waals surface area contributed by atoms with Gasteiger partial charge in [-0.15, -0.1) is 0 Å². The molecule has 1 aliphatic rings. The fourth-order valence-electron chi connectivity index (χ4n) is 2.10. The summed E-state index contributed by atoms with van der Waals surface area (Å²) >= 11 is 5.76. The molecule has 122 valence electrons. The monoisotopic (exact) mass is 346 g/mol. The maximum absolute atomic E-state index is 11.8. The van der Waals surface area contributed by atoms with E-state index in [0.29, 0.717) is 11.6 Å². The molecule has 0 radical (unpaired) electrons. The van der Waals surface area contributed by atoms with E-state index in [9.17, 15) is 13.2 Å². The summed E-state index contributed by atoms with van der Waals surface area (Å²) in [6, 6.07) is 6.96. The van der Waals surface area contributed by atoms with Crippen LogP contribution in [0.3, 0.4) is 0 Å². The zero-order valence-corrected chi connectivity index (χ0v) is 13.6. The molecular weight excluding hydrogens is 328 g/mol. The van der Waals surface area contributed by atoms with Gasteiger partial charge in [0.15, 0.2) is 0 Å². The summed E-state index contributed by atoms with van der Waals surface area (Å²) in [7, 11) is -3.64. The van der Waals surface area contributed by atoms with Gasteiger partial charge in [-0.2, -0.15) is 0 Å². The number of halogens is 1. The van der Waals surface area contributed by atoms with E-state index in [1.54, 1.807) is 24.3 Å². The van der Waals surface area contributed by atoms with Gasteiger partial charge in [-0.1, -0.05) is 23.7 Å². The molecule has 1 atom stereocenters. The van der Waals surface area contributed by atoms with Crippen LogP contribution in [0.15, 0.2) is 24.3 Å². The highest BCUT2D eigenvalue weighted by Crippen LogP contribution is 2.11. The molecule has 2 N–H and O–H groups in total. The predicted octanol–water partition coefficient (Wildman–Crippen LogP) is 1.05. The largest absolute Gasteiger partial charge is 0.377 e. The van der Waals surface area contributed by atoms with Gasteiger partial charge in [0, 0.05) is 24.7 Å². The minimum absolute atomic E-state index is 0.0908. The molecule has 1 aliphatic heterocycles. The molecule has 6 nitrogen and oxygen atoms in total. The highest BCUT2D eigenvalue weighted by atomic mass is 35.5. The number of hydrogen-bond donors (Lipinski definition) is 2. The van der Waals surface area contributed by atoms with Gasteiger partial charge in [0.25, 0.3) is 0 Å². The van der Waals surface area contributed by atoms with Gasteiger partial charge in [-0.3, -0.25) is 4.79 Å². The van der Waals surface area contributed by atoms with E-state index in [4.69, 9.17) is 16.3 Å². The fraction of sp³-hybridized carbons (Fsp3) is 0.500. The maximum Gasteiger partial charge on any atom is 0.236 e. The summed E-state index contributed by atoms with van der Waals surface area (Å²) in [5, 5.41) is 3.18. The van der Waals surface area contributed by atoms with Crippen molar-refractivity contribution >= 4 is 27.5 Å². The zero-order valence-electron chi connectivity index (χ0n) is 12.0. The first-order chi connectivity index (χ1) is 10.4. The van der Waals surface area contributed by atoms with Crippen LogP contribution in [0.5, 0.6) is 0 Å². The van der Waals surface area contributed by atoms with E-state index in [0.717, 1.165) is 18.4 Å². The molecule has 0 saturated carbocycles. The number of ether oxygens (including phenoxy) is 1. The average Bonchev–Trinajstić information content (AvgIpc) is 2.98. The van der Waals surface area contributed by atoms with Crippen molar-refractivity contribution in [2.45, 2.75) is 25.5 Å². The van der Waals surface area contributed by atoms with Crippen LogP contribution in [0, 0.1) is 0 Å². The maximum atomic E-state index is 11.8. The first kappa shape index (κ1) is 17.2. The first-order valence-electron chi connectivity index (χ1n) is 7.05. The Morgan fingerprint density at radius 3 is 2.68 bits per heavy atom. The van der Waals surface area contributed by atoms with E-state index in [1.807, 2.05) is 0 Å². The van der Waals surface area contributed by atoms with Gasteiger partial charge in [-0.25, -0.2) is 13.1 Å². The Morgan fingerprint density at radius 2 is 2.05 bits per heavy atom. The summed E-state index contributed by atoms with van der Waals surface area (Å²) in [5.74, 6) is -1.14. The number of sulfonamides is 1. The lowest BCUT2D eigenvalue weighted by Gasteiger charge is -2.11. The first-order valence-corrected chi connectivity index (χ1v) is 9.08. The summed E-state index contributed by atoms with van der Waals surface area (Å²) in [4.78, 5) is 11.7. The molecule has 1 heterocycles. The number of nitrogens with one attached hydrogen (secondary N) is 2. The van der Waals surface area contributed by atoms with E-state index in [-0.39, 0.29) is 19.2 Å². The summed E-state index contributed by atoms with van der Waals surface area (Å²) in [6.07, 6.45) is 1.69. The summed E-state index contributed by atoms with van der Waals surface area (Å²) < 4.78 is 31.4. The Kier molecular flexibility index (Phi) is 6.19. The van der Waals surface area contributed by atoms with Gasteiger partial charge in [0.1, 0.15) is 5.75 Å². The standard InChI is InChI=1S/C14H19ClN2O4S/c15-12-5-3-11(4-6-12)8-16-14(18)10-22(19,20)17-9-13-2-1-7-21-13/h3-6,13,17H,1-2,7-10H2,(H,16,18)/t13-/m0/s1. The van der Waals surface area contributed by atoms with Gasteiger partial charge in [0.2, 0.25) is 15.9 Å².